The molecule has 4 aromatic rings. The second-order valence-electron chi connectivity index (χ2n) is 9.67. The van der Waals surface area contributed by atoms with Gasteiger partial charge in [0.1, 0.15) is 5.75 Å². The number of carbonyl (C=O) groups is 1. The number of aryl methyl sites for hydroxylation is 1. The van der Waals surface area contributed by atoms with Gasteiger partial charge in [-0.2, -0.15) is 0 Å². The molecule has 7 nitrogen and oxygen atoms in total. The number of benzene rings is 2. The molecule has 0 unspecified atom stereocenters. The van der Waals surface area contributed by atoms with Crippen molar-refractivity contribution in [2.24, 2.45) is 0 Å². The number of nitrogens with one attached hydrogen (secondary N) is 1. The van der Waals surface area contributed by atoms with Crippen molar-refractivity contribution >= 4 is 29.0 Å². The number of rotatable bonds is 7. The van der Waals surface area contributed by atoms with Crippen LogP contribution in [-0.4, -0.2) is 31.8 Å². The van der Waals surface area contributed by atoms with Crippen molar-refractivity contribution in [3.63, 3.8) is 0 Å². The topological polar surface area (TPSA) is 79.6 Å². The van der Waals surface area contributed by atoms with Crippen LogP contribution in [0.1, 0.15) is 58.9 Å². The number of nitrogens with zero attached hydrogens (tertiary/aromatic N) is 3. The molecule has 1 aliphatic heterocycles. The largest absolute Gasteiger partial charge is 0.491 e. The molecule has 2 N–H and O–H groups in total. The minimum atomic E-state index is -0.942. The SMILES string of the molecule is Cc1cc([C@@H]2[C@H](c3ccccn3)NC(=S)N2c2ccc(OC(C)C)cc2)c(C)n1-c1ccc(C(=O)O)cc1. The molecule has 5 rings (SSSR count). The fourth-order valence-electron chi connectivity index (χ4n) is 5.14. The molecule has 1 fully saturated rings. The van der Waals surface area contributed by atoms with E-state index in [0.717, 1.165) is 39.8 Å². The lowest BCUT2D eigenvalue weighted by atomic mass is 9.96. The van der Waals surface area contributed by atoms with Gasteiger partial charge in [0.05, 0.1) is 29.4 Å². The highest BCUT2D eigenvalue weighted by atomic mass is 32.1. The molecule has 0 saturated carbocycles. The van der Waals surface area contributed by atoms with Crippen LogP contribution in [0, 0.1) is 13.8 Å². The van der Waals surface area contributed by atoms with Crippen LogP contribution in [0.3, 0.4) is 0 Å². The van der Waals surface area contributed by atoms with Crippen molar-refractivity contribution in [3.8, 4) is 11.4 Å². The molecule has 2 aromatic carbocycles. The van der Waals surface area contributed by atoms with Gasteiger partial charge in [-0.3, -0.25) is 4.98 Å². The van der Waals surface area contributed by atoms with Crippen molar-refractivity contribution in [1.29, 1.82) is 0 Å². The minimum Gasteiger partial charge on any atom is -0.491 e. The number of hydrogen-bond donors (Lipinski definition) is 2. The number of aromatic carboxylic acids is 1. The Hall–Kier alpha value is -4.17. The summed E-state index contributed by atoms with van der Waals surface area (Å²) in [6, 6.07) is 22.7. The van der Waals surface area contributed by atoms with E-state index in [4.69, 9.17) is 17.0 Å². The second kappa shape index (κ2) is 10.3. The first-order valence-electron chi connectivity index (χ1n) is 12.5. The summed E-state index contributed by atoms with van der Waals surface area (Å²) in [5, 5.41) is 13.5. The quantitative estimate of drug-likeness (QED) is 0.280. The van der Waals surface area contributed by atoms with Crippen LogP contribution in [-0.2, 0) is 0 Å². The van der Waals surface area contributed by atoms with Gasteiger partial charge in [0.15, 0.2) is 5.11 Å². The van der Waals surface area contributed by atoms with Crippen molar-refractivity contribution < 1.29 is 14.6 Å². The molecule has 1 aliphatic rings. The Kier molecular flexibility index (Phi) is 6.91. The number of pyridine rings is 1. The molecule has 2 atom stereocenters. The highest BCUT2D eigenvalue weighted by Gasteiger charge is 2.42. The summed E-state index contributed by atoms with van der Waals surface area (Å²) < 4.78 is 8.00. The summed E-state index contributed by atoms with van der Waals surface area (Å²) in [6.07, 6.45) is 1.89. The predicted molar refractivity (Wildman–Crippen MR) is 152 cm³/mol. The molecule has 0 amide bonds. The third kappa shape index (κ3) is 4.75. The van der Waals surface area contributed by atoms with Crippen LogP contribution in [0.15, 0.2) is 79.0 Å². The van der Waals surface area contributed by atoms with Gasteiger partial charge in [-0.05, 0) is 112 Å². The molecule has 38 heavy (non-hydrogen) atoms. The number of ether oxygens (including phenoxy) is 1. The second-order valence-corrected chi connectivity index (χ2v) is 10.1. The number of carboxylic acid groups (broad SMARTS) is 1. The van der Waals surface area contributed by atoms with Crippen molar-refractivity contribution in [2.75, 3.05) is 4.90 Å². The Morgan fingerprint density at radius 1 is 1.03 bits per heavy atom. The maximum atomic E-state index is 11.4. The van der Waals surface area contributed by atoms with Gasteiger partial charge < -0.3 is 24.6 Å². The van der Waals surface area contributed by atoms with Crippen LogP contribution < -0.4 is 15.0 Å². The van der Waals surface area contributed by atoms with Gasteiger partial charge >= 0.3 is 5.97 Å². The van der Waals surface area contributed by atoms with E-state index in [1.807, 2.05) is 68.4 Å². The number of aromatic nitrogens is 2. The van der Waals surface area contributed by atoms with Crippen LogP contribution in [0.5, 0.6) is 5.75 Å². The van der Waals surface area contributed by atoms with Gasteiger partial charge in [-0.1, -0.05) is 6.07 Å². The lowest BCUT2D eigenvalue weighted by Gasteiger charge is -2.28. The van der Waals surface area contributed by atoms with Crippen LogP contribution in [0.4, 0.5) is 5.69 Å². The molecule has 8 heteroatoms. The summed E-state index contributed by atoms with van der Waals surface area (Å²) in [6.45, 7) is 8.15. The highest BCUT2D eigenvalue weighted by molar-refractivity contribution is 7.80. The summed E-state index contributed by atoms with van der Waals surface area (Å²) >= 11 is 5.89. The lowest BCUT2D eigenvalue weighted by molar-refractivity contribution is 0.0697. The number of hydrogen-bond acceptors (Lipinski definition) is 4. The summed E-state index contributed by atoms with van der Waals surface area (Å²) in [5.74, 6) is -0.134. The maximum Gasteiger partial charge on any atom is 0.335 e. The number of anilines is 1. The highest BCUT2D eigenvalue weighted by Crippen LogP contribution is 2.44. The smallest absolute Gasteiger partial charge is 0.335 e. The summed E-state index contributed by atoms with van der Waals surface area (Å²) in [4.78, 5) is 18.2. The van der Waals surface area contributed by atoms with Gasteiger partial charge in [0.2, 0.25) is 0 Å². The van der Waals surface area contributed by atoms with Crippen LogP contribution in [0.2, 0.25) is 0 Å². The monoisotopic (exact) mass is 526 g/mol. The van der Waals surface area contributed by atoms with E-state index in [1.54, 1.807) is 18.3 Å². The average Bonchev–Trinajstić information content (AvgIpc) is 3.39. The first-order chi connectivity index (χ1) is 18.2. The molecule has 2 aromatic heterocycles. The van der Waals surface area contributed by atoms with E-state index < -0.39 is 5.97 Å². The zero-order valence-corrected chi connectivity index (χ0v) is 22.6. The normalized spacial score (nSPS) is 17.1. The molecule has 194 valence electrons. The molecular formula is C30H30N4O3S. The Bertz CT molecular complexity index is 1460. The molecular weight excluding hydrogens is 496 g/mol. The van der Waals surface area contributed by atoms with E-state index in [-0.39, 0.29) is 23.8 Å². The van der Waals surface area contributed by atoms with Gasteiger partial charge in [-0.25, -0.2) is 4.79 Å². The molecule has 1 saturated heterocycles. The Morgan fingerprint density at radius 2 is 1.71 bits per heavy atom. The van der Waals surface area contributed by atoms with Crippen LogP contribution >= 0.6 is 12.2 Å². The average molecular weight is 527 g/mol. The Labute approximate surface area is 227 Å². The van der Waals surface area contributed by atoms with E-state index in [2.05, 4.69) is 39.7 Å². The Morgan fingerprint density at radius 3 is 2.32 bits per heavy atom. The minimum absolute atomic E-state index is 0.0895. The Balaban J connectivity index is 1.61. The molecule has 3 heterocycles. The lowest BCUT2D eigenvalue weighted by Crippen LogP contribution is -2.29. The number of carboxylic acids is 1. The van der Waals surface area contributed by atoms with Crippen molar-refractivity contribution in [2.45, 2.75) is 45.9 Å². The van der Waals surface area contributed by atoms with Crippen LogP contribution in [0.25, 0.3) is 5.69 Å². The van der Waals surface area contributed by atoms with E-state index in [1.165, 1.54) is 0 Å². The first-order valence-corrected chi connectivity index (χ1v) is 13.0. The first kappa shape index (κ1) is 25.5. The third-order valence-electron chi connectivity index (χ3n) is 6.75. The van der Waals surface area contributed by atoms with E-state index in [9.17, 15) is 9.90 Å². The standard InChI is InChI=1S/C30H30N4O3S/c1-18(2)37-24-14-12-23(13-15-24)34-28(27(32-30(34)38)26-7-5-6-16-31-26)25-17-19(3)33(20(25)4)22-10-8-21(9-11-22)29(35)36/h5-18,27-28H,1-4H3,(H,32,38)(H,35,36)/t27-,28+/m0/s1. The zero-order valence-electron chi connectivity index (χ0n) is 21.8. The van der Waals surface area contributed by atoms with Gasteiger partial charge in [-0.15, -0.1) is 0 Å². The molecule has 0 aliphatic carbocycles. The van der Waals surface area contributed by atoms with Gasteiger partial charge in [0.25, 0.3) is 0 Å². The summed E-state index contributed by atoms with van der Waals surface area (Å²) in [5.41, 5.74) is 6.21. The third-order valence-corrected chi connectivity index (χ3v) is 7.06. The molecule has 0 spiro atoms. The predicted octanol–water partition coefficient (Wildman–Crippen LogP) is 6.15. The maximum absolute atomic E-state index is 11.4. The van der Waals surface area contributed by atoms with Gasteiger partial charge in [0, 0.05) is 29.0 Å². The molecule has 0 bridgehead atoms. The van der Waals surface area contributed by atoms with E-state index >= 15 is 0 Å². The molecule has 0 radical (unpaired) electrons. The fraction of sp³-hybridized carbons (Fsp3) is 0.233. The summed E-state index contributed by atoms with van der Waals surface area (Å²) in [7, 11) is 0. The number of thiocarbonyl (C=S) groups is 1. The zero-order chi connectivity index (χ0) is 27.0. The fourth-order valence-corrected chi connectivity index (χ4v) is 5.49. The van der Waals surface area contributed by atoms with Crippen molar-refractivity contribution in [1.82, 2.24) is 14.9 Å². The van der Waals surface area contributed by atoms with E-state index in [0.29, 0.717) is 5.11 Å². The van der Waals surface area contributed by atoms with Crippen molar-refractivity contribution in [3.05, 3.63) is 107 Å².